The summed E-state index contributed by atoms with van der Waals surface area (Å²) in [6.45, 7) is 4.46. The highest BCUT2D eigenvalue weighted by Crippen LogP contribution is 2.29. The molecule has 2 aliphatic rings. The molecular formula is C11H21NO. The van der Waals surface area contributed by atoms with Crippen molar-refractivity contribution in [2.45, 2.75) is 51.2 Å². The fourth-order valence-electron chi connectivity index (χ4n) is 2.31. The highest BCUT2D eigenvalue weighted by molar-refractivity contribution is 4.79. The van der Waals surface area contributed by atoms with Gasteiger partial charge in [-0.1, -0.05) is 13.3 Å². The zero-order valence-electron chi connectivity index (χ0n) is 8.59. The fourth-order valence-corrected chi connectivity index (χ4v) is 2.31. The van der Waals surface area contributed by atoms with Crippen molar-refractivity contribution in [2.75, 3.05) is 13.1 Å². The minimum atomic E-state index is 0.531. The Morgan fingerprint density at radius 2 is 1.77 bits per heavy atom. The van der Waals surface area contributed by atoms with Crippen molar-refractivity contribution < 1.29 is 4.74 Å². The topological polar surface area (TPSA) is 21.3 Å². The van der Waals surface area contributed by atoms with Crippen LogP contribution < -0.4 is 5.32 Å². The molecule has 2 fully saturated rings. The first kappa shape index (κ1) is 9.47. The molecule has 1 saturated heterocycles. The average molecular weight is 183 g/mol. The van der Waals surface area contributed by atoms with E-state index in [9.17, 15) is 0 Å². The van der Waals surface area contributed by atoms with E-state index in [-0.39, 0.29) is 0 Å². The van der Waals surface area contributed by atoms with Crippen molar-refractivity contribution in [3.8, 4) is 0 Å². The van der Waals surface area contributed by atoms with Gasteiger partial charge in [0, 0.05) is 13.1 Å². The summed E-state index contributed by atoms with van der Waals surface area (Å²) in [6, 6.07) is 0. The lowest BCUT2D eigenvalue weighted by Crippen LogP contribution is -2.50. The molecule has 0 bridgehead atoms. The number of rotatable bonds is 3. The zero-order chi connectivity index (χ0) is 9.10. The first-order valence-electron chi connectivity index (χ1n) is 5.74. The fraction of sp³-hybridized carbons (Fsp3) is 1.00. The molecule has 13 heavy (non-hydrogen) atoms. The van der Waals surface area contributed by atoms with Gasteiger partial charge in [0.25, 0.3) is 0 Å². The molecule has 0 radical (unpaired) electrons. The molecule has 76 valence electrons. The minimum absolute atomic E-state index is 0.531. The van der Waals surface area contributed by atoms with Gasteiger partial charge in [0.05, 0.1) is 12.2 Å². The van der Waals surface area contributed by atoms with Crippen LogP contribution in [-0.2, 0) is 4.74 Å². The van der Waals surface area contributed by atoms with Crippen LogP contribution in [0.4, 0.5) is 0 Å². The van der Waals surface area contributed by atoms with Crippen molar-refractivity contribution in [3.05, 3.63) is 0 Å². The molecule has 2 rings (SSSR count). The lowest BCUT2D eigenvalue weighted by molar-refractivity contribution is -0.0575. The molecular weight excluding hydrogens is 162 g/mol. The Kier molecular flexibility index (Phi) is 3.23. The van der Waals surface area contributed by atoms with E-state index in [2.05, 4.69) is 12.2 Å². The van der Waals surface area contributed by atoms with Gasteiger partial charge in [0.2, 0.25) is 0 Å². The third-order valence-corrected chi connectivity index (χ3v) is 3.50. The summed E-state index contributed by atoms with van der Waals surface area (Å²) in [4.78, 5) is 0. The molecule has 0 aromatic carbocycles. The van der Waals surface area contributed by atoms with Gasteiger partial charge in [-0.3, -0.25) is 0 Å². The molecule has 0 amide bonds. The Bertz CT molecular complexity index is 148. The van der Waals surface area contributed by atoms with E-state index in [1.54, 1.807) is 0 Å². The second-order valence-corrected chi connectivity index (χ2v) is 4.47. The normalized spacial score (nSPS) is 35.8. The summed E-state index contributed by atoms with van der Waals surface area (Å²) in [6.07, 6.45) is 7.85. The Balaban J connectivity index is 1.65. The smallest absolute Gasteiger partial charge is 0.0827 e. The third-order valence-electron chi connectivity index (χ3n) is 3.50. The van der Waals surface area contributed by atoms with Crippen molar-refractivity contribution in [1.29, 1.82) is 0 Å². The molecule has 1 aliphatic carbocycles. The molecule has 0 spiro atoms. The monoisotopic (exact) mass is 183 g/mol. The molecule has 1 heterocycles. The molecule has 2 nitrogen and oxygen atoms in total. The molecule has 1 aliphatic heterocycles. The quantitative estimate of drug-likeness (QED) is 0.722. The summed E-state index contributed by atoms with van der Waals surface area (Å²) < 4.78 is 5.96. The summed E-state index contributed by atoms with van der Waals surface area (Å²) >= 11 is 0. The zero-order valence-corrected chi connectivity index (χ0v) is 8.59. The summed E-state index contributed by atoms with van der Waals surface area (Å²) in [5, 5.41) is 3.25. The van der Waals surface area contributed by atoms with E-state index in [4.69, 9.17) is 4.74 Å². The summed E-state index contributed by atoms with van der Waals surface area (Å²) in [7, 11) is 0. The van der Waals surface area contributed by atoms with Gasteiger partial charge in [-0.25, -0.2) is 0 Å². The predicted molar refractivity (Wildman–Crippen MR) is 53.8 cm³/mol. The predicted octanol–water partition coefficient (Wildman–Crippen LogP) is 1.94. The second kappa shape index (κ2) is 4.43. The summed E-state index contributed by atoms with van der Waals surface area (Å²) in [5.41, 5.74) is 0. The standard InChI is InChI=1S/C11H21NO/c1-2-9-3-5-10(6-4-9)13-11-7-12-8-11/h9-12H,2-8H2,1H3. The van der Waals surface area contributed by atoms with Crippen molar-refractivity contribution in [2.24, 2.45) is 5.92 Å². The van der Waals surface area contributed by atoms with Crippen LogP contribution in [0.25, 0.3) is 0 Å². The van der Waals surface area contributed by atoms with E-state index < -0.39 is 0 Å². The van der Waals surface area contributed by atoms with E-state index in [0.717, 1.165) is 19.0 Å². The highest BCUT2D eigenvalue weighted by Gasteiger charge is 2.25. The van der Waals surface area contributed by atoms with Crippen molar-refractivity contribution in [3.63, 3.8) is 0 Å². The molecule has 1 saturated carbocycles. The number of ether oxygens (including phenoxy) is 1. The number of hydrogen-bond acceptors (Lipinski definition) is 2. The average Bonchev–Trinajstić information content (AvgIpc) is 2.12. The van der Waals surface area contributed by atoms with Crippen LogP contribution in [0.1, 0.15) is 39.0 Å². The molecule has 0 aromatic heterocycles. The van der Waals surface area contributed by atoms with Gasteiger partial charge in [-0.2, -0.15) is 0 Å². The maximum absolute atomic E-state index is 5.96. The van der Waals surface area contributed by atoms with E-state index in [1.165, 1.54) is 32.1 Å². The maximum Gasteiger partial charge on any atom is 0.0827 e. The van der Waals surface area contributed by atoms with Crippen LogP contribution in [0.15, 0.2) is 0 Å². The van der Waals surface area contributed by atoms with Crippen LogP contribution in [0, 0.1) is 5.92 Å². The Morgan fingerprint density at radius 1 is 1.08 bits per heavy atom. The van der Waals surface area contributed by atoms with E-state index in [1.807, 2.05) is 0 Å². The van der Waals surface area contributed by atoms with Gasteiger partial charge in [-0.05, 0) is 31.6 Å². The number of nitrogens with one attached hydrogen (secondary N) is 1. The largest absolute Gasteiger partial charge is 0.372 e. The van der Waals surface area contributed by atoms with Gasteiger partial charge in [0.1, 0.15) is 0 Å². The van der Waals surface area contributed by atoms with Crippen LogP contribution in [0.5, 0.6) is 0 Å². The Labute approximate surface area is 81.0 Å². The van der Waals surface area contributed by atoms with Crippen molar-refractivity contribution in [1.82, 2.24) is 5.32 Å². The van der Waals surface area contributed by atoms with Gasteiger partial charge in [-0.15, -0.1) is 0 Å². The minimum Gasteiger partial charge on any atom is -0.372 e. The molecule has 0 atom stereocenters. The van der Waals surface area contributed by atoms with Crippen LogP contribution >= 0.6 is 0 Å². The second-order valence-electron chi connectivity index (χ2n) is 4.47. The van der Waals surface area contributed by atoms with Crippen LogP contribution in [0.2, 0.25) is 0 Å². The van der Waals surface area contributed by atoms with Crippen LogP contribution in [0.3, 0.4) is 0 Å². The molecule has 0 aromatic rings. The van der Waals surface area contributed by atoms with E-state index in [0.29, 0.717) is 12.2 Å². The molecule has 1 N–H and O–H groups in total. The SMILES string of the molecule is CCC1CCC(OC2CNC2)CC1. The van der Waals surface area contributed by atoms with Crippen LogP contribution in [-0.4, -0.2) is 25.3 Å². The van der Waals surface area contributed by atoms with E-state index >= 15 is 0 Å². The molecule has 0 unspecified atom stereocenters. The first-order valence-corrected chi connectivity index (χ1v) is 5.74. The van der Waals surface area contributed by atoms with Crippen molar-refractivity contribution >= 4 is 0 Å². The van der Waals surface area contributed by atoms with Gasteiger partial charge in [0.15, 0.2) is 0 Å². The Hall–Kier alpha value is -0.0800. The summed E-state index contributed by atoms with van der Waals surface area (Å²) in [5.74, 6) is 0.986. The van der Waals surface area contributed by atoms with Gasteiger partial charge < -0.3 is 10.1 Å². The number of hydrogen-bond donors (Lipinski definition) is 1. The maximum atomic E-state index is 5.96. The lowest BCUT2D eigenvalue weighted by Gasteiger charge is -2.35. The Morgan fingerprint density at radius 3 is 2.23 bits per heavy atom. The molecule has 2 heteroatoms. The first-order chi connectivity index (χ1) is 6.38. The lowest BCUT2D eigenvalue weighted by atomic mass is 9.86. The highest BCUT2D eigenvalue weighted by atomic mass is 16.5. The van der Waals surface area contributed by atoms with Gasteiger partial charge >= 0.3 is 0 Å². The third kappa shape index (κ3) is 2.44.